The summed E-state index contributed by atoms with van der Waals surface area (Å²) < 4.78 is 13.1. The number of amides is 1. The Bertz CT molecular complexity index is 936. The molecule has 1 aliphatic carbocycles. The zero-order valence-electron chi connectivity index (χ0n) is 14.2. The molecule has 0 spiro atoms. The molecule has 2 aromatic carbocycles. The molecule has 1 fully saturated rings. The van der Waals surface area contributed by atoms with Crippen LogP contribution >= 0.6 is 0 Å². The molecule has 1 amide bonds. The van der Waals surface area contributed by atoms with E-state index in [9.17, 15) is 9.18 Å². The standard InChI is InChI=1S/C20H19FN4O/c21-13-9-11-15(12-10-13)22-18-16-7-3-4-8-17(16)24-19(25-18)20(26)23-14-5-1-2-6-14/h3-4,7-12,14H,1-2,5-6H2,(H,23,26)(H,22,24,25). The number of hydrogen-bond acceptors (Lipinski definition) is 4. The number of aromatic nitrogens is 2. The van der Waals surface area contributed by atoms with Crippen molar-refractivity contribution in [2.45, 2.75) is 31.7 Å². The van der Waals surface area contributed by atoms with Gasteiger partial charge in [-0.2, -0.15) is 0 Å². The first kappa shape index (κ1) is 16.4. The van der Waals surface area contributed by atoms with Gasteiger partial charge in [-0.25, -0.2) is 14.4 Å². The van der Waals surface area contributed by atoms with Gasteiger partial charge in [-0.15, -0.1) is 0 Å². The maximum Gasteiger partial charge on any atom is 0.289 e. The van der Waals surface area contributed by atoms with Crippen molar-refractivity contribution in [1.29, 1.82) is 0 Å². The molecular formula is C20H19FN4O. The van der Waals surface area contributed by atoms with Crippen LogP contribution in [-0.4, -0.2) is 21.9 Å². The highest BCUT2D eigenvalue weighted by Crippen LogP contribution is 2.24. The molecule has 3 aromatic rings. The number of nitrogens with one attached hydrogen (secondary N) is 2. The summed E-state index contributed by atoms with van der Waals surface area (Å²) in [4.78, 5) is 21.4. The highest BCUT2D eigenvalue weighted by Gasteiger charge is 2.20. The quantitative estimate of drug-likeness (QED) is 0.741. The van der Waals surface area contributed by atoms with E-state index in [2.05, 4.69) is 20.6 Å². The van der Waals surface area contributed by atoms with Gasteiger partial charge >= 0.3 is 0 Å². The molecule has 1 aromatic heterocycles. The van der Waals surface area contributed by atoms with Gasteiger partial charge in [-0.3, -0.25) is 4.79 Å². The molecule has 4 rings (SSSR count). The van der Waals surface area contributed by atoms with Crippen molar-refractivity contribution in [2.24, 2.45) is 0 Å². The van der Waals surface area contributed by atoms with Crippen LogP contribution in [0.5, 0.6) is 0 Å². The molecule has 132 valence electrons. The zero-order chi connectivity index (χ0) is 17.9. The minimum Gasteiger partial charge on any atom is -0.347 e. The molecule has 0 aliphatic heterocycles. The number of carbonyl (C=O) groups is 1. The second kappa shape index (κ2) is 7.07. The molecular weight excluding hydrogens is 331 g/mol. The largest absolute Gasteiger partial charge is 0.347 e. The smallest absolute Gasteiger partial charge is 0.289 e. The van der Waals surface area contributed by atoms with Crippen LogP contribution in [-0.2, 0) is 0 Å². The normalized spacial score (nSPS) is 14.5. The topological polar surface area (TPSA) is 66.9 Å². The van der Waals surface area contributed by atoms with Crippen molar-refractivity contribution in [1.82, 2.24) is 15.3 Å². The van der Waals surface area contributed by atoms with Gasteiger partial charge in [0.05, 0.1) is 5.52 Å². The lowest BCUT2D eigenvalue weighted by molar-refractivity contribution is 0.0928. The Kier molecular flexibility index (Phi) is 4.48. The summed E-state index contributed by atoms with van der Waals surface area (Å²) in [6.07, 6.45) is 4.28. The van der Waals surface area contributed by atoms with E-state index < -0.39 is 0 Å². The van der Waals surface area contributed by atoms with Crippen LogP contribution in [0, 0.1) is 5.82 Å². The minimum atomic E-state index is -0.306. The van der Waals surface area contributed by atoms with E-state index in [4.69, 9.17) is 0 Å². The Hall–Kier alpha value is -3.02. The molecule has 0 atom stereocenters. The summed E-state index contributed by atoms with van der Waals surface area (Å²) >= 11 is 0. The molecule has 0 radical (unpaired) electrons. The van der Waals surface area contributed by atoms with E-state index in [1.807, 2.05) is 24.3 Å². The molecule has 0 saturated heterocycles. The van der Waals surface area contributed by atoms with Crippen molar-refractivity contribution < 1.29 is 9.18 Å². The maximum absolute atomic E-state index is 13.1. The van der Waals surface area contributed by atoms with Gasteiger partial charge in [0, 0.05) is 17.1 Å². The summed E-state index contributed by atoms with van der Waals surface area (Å²) in [7, 11) is 0. The molecule has 1 saturated carbocycles. The van der Waals surface area contributed by atoms with Crippen LogP contribution < -0.4 is 10.6 Å². The van der Waals surface area contributed by atoms with Gasteiger partial charge in [0.25, 0.3) is 5.91 Å². The van der Waals surface area contributed by atoms with Crippen molar-refractivity contribution >= 4 is 28.3 Å². The molecule has 26 heavy (non-hydrogen) atoms. The zero-order valence-corrected chi connectivity index (χ0v) is 14.2. The summed E-state index contributed by atoms with van der Waals surface area (Å²) in [5.74, 6) is 0.100. The van der Waals surface area contributed by atoms with Crippen molar-refractivity contribution in [3.8, 4) is 0 Å². The number of hydrogen-bond donors (Lipinski definition) is 2. The summed E-state index contributed by atoms with van der Waals surface area (Å²) in [6, 6.07) is 13.7. The first-order valence-corrected chi connectivity index (χ1v) is 8.79. The SMILES string of the molecule is O=C(NC1CCCC1)c1nc(Nc2ccc(F)cc2)c2ccccc2n1. The van der Waals surface area contributed by atoms with Gasteiger partial charge in [0.15, 0.2) is 0 Å². The van der Waals surface area contributed by atoms with Crippen LogP contribution in [0.1, 0.15) is 36.3 Å². The van der Waals surface area contributed by atoms with Gasteiger partial charge in [0.1, 0.15) is 11.6 Å². The number of nitrogens with zero attached hydrogens (tertiary/aromatic N) is 2. The molecule has 0 bridgehead atoms. The highest BCUT2D eigenvalue weighted by molar-refractivity contribution is 5.97. The number of fused-ring (bicyclic) bond motifs is 1. The number of anilines is 2. The van der Waals surface area contributed by atoms with Crippen LogP contribution in [0.25, 0.3) is 10.9 Å². The van der Waals surface area contributed by atoms with Crippen molar-refractivity contribution in [3.63, 3.8) is 0 Å². The Morgan fingerprint density at radius 1 is 1.00 bits per heavy atom. The number of para-hydroxylation sites is 1. The predicted octanol–water partition coefficient (Wildman–Crippen LogP) is 4.18. The number of carbonyl (C=O) groups excluding carboxylic acids is 1. The molecule has 6 heteroatoms. The van der Waals surface area contributed by atoms with Crippen LogP contribution in [0.2, 0.25) is 0 Å². The van der Waals surface area contributed by atoms with Gasteiger partial charge < -0.3 is 10.6 Å². The fourth-order valence-corrected chi connectivity index (χ4v) is 3.26. The number of rotatable bonds is 4. The second-order valence-electron chi connectivity index (χ2n) is 6.50. The predicted molar refractivity (Wildman–Crippen MR) is 98.9 cm³/mol. The third-order valence-electron chi connectivity index (χ3n) is 4.60. The van der Waals surface area contributed by atoms with Crippen LogP contribution in [0.15, 0.2) is 48.5 Å². The average molecular weight is 350 g/mol. The summed E-state index contributed by atoms with van der Waals surface area (Å²) in [6.45, 7) is 0. The lowest BCUT2D eigenvalue weighted by atomic mass is 10.2. The Morgan fingerprint density at radius 2 is 1.73 bits per heavy atom. The third kappa shape index (κ3) is 3.49. The van der Waals surface area contributed by atoms with E-state index in [0.717, 1.165) is 31.1 Å². The summed E-state index contributed by atoms with van der Waals surface area (Å²) in [5.41, 5.74) is 1.38. The first-order chi connectivity index (χ1) is 12.7. The van der Waals surface area contributed by atoms with Crippen LogP contribution in [0.4, 0.5) is 15.9 Å². The fourth-order valence-electron chi connectivity index (χ4n) is 3.26. The van der Waals surface area contributed by atoms with E-state index in [1.165, 1.54) is 12.1 Å². The average Bonchev–Trinajstić information content (AvgIpc) is 3.16. The van der Waals surface area contributed by atoms with Crippen molar-refractivity contribution in [3.05, 3.63) is 60.2 Å². The Balaban J connectivity index is 1.68. The van der Waals surface area contributed by atoms with Gasteiger partial charge in [-0.05, 0) is 49.2 Å². The fraction of sp³-hybridized carbons (Fsp3) is 0.250. The van der Waals surface area contributed by atoms with Crippen LogP contribution in [0.3, 0.4) is 0 Å². The molecule has 2 N–H and O–H groups in total. The number of halogens is 1. The highest BCUT2D eigenvalue weighted by atomic mass is 19.1. The lowest BCUT2D eigenvalue weighted by Gasteiger charge is -2.13. The van der Waals surface area contributed by atoms with Crippen molar-refractivity contribution in [2.75, 3.05) is 5.32 Å². The monoisotopic (exact) mass is 350 g/mol. The third-order valence-corrected chi connectivity index (χ3v) is 4.60. The first-order valence-electron chi connectivity index (χ1n) is 8.79. The molecule has 1 aliphatic rings. The maximum atomic E-state index is 13.1. The second-order valence-corrected chi connectivity index (χ2v) is 6.50. The van der Waals surface area contributed by atoms with E-state index in [1.54, 1.807) is 12.1 Å². The molecule has 0 unspecified atom stereocenters. The van der Waals surface area contributed by atoms with Gasteiger partial charge in [-0.1, -0.05) is 25.0 Å². The molecule has 5 nitrogen and oxygen atoms in total. The molecule has 1 heterocycles. The lowest BCUT2D eigenvalue weighted by Crippen LogP contribution is -2.33. The van der Waals surface area contributed by atoms with E-state index in [-0.39, 0.29) is 23.6 Å². The Morgan fingerprint density at radius 3 is 2.50 bits per heavy atom. The minimum absolute atomic E-state index is 0.139. The summed E-state index contributed by atoms with van der Waals surface area (Å²) in [5, 5.41) is 6.98. The Labute approximate surface area is 150 Å². The van der Waals surface area contributed by atoms with E-state index in [0.29, 0.717) is 17.0 Å². The van der Waals surface area contributed by atoms with Gasteiger partial charge in [0.2, 0.25) is 5.82 Å². The number of benzene rings is 2. The van der Waals surface area contributed by atoms with E-state index >= 15 is 0 Å².